The van der Waals surface area contributed by atoms with E-state index in [1.54, 1.807) is 12.1 Å². The largest absolute Gasteiger partial charge is 0.472 e. The molecule has 0 unspecified atom stereocenters. The molecule has 0 aliphatic carbocycles. The lowest BCUT2D eigenvalue weighted by atomic mass is 9.96. The van der Waals surface area contributed by atoms with Crippen molar-refractivity contribution in [1.29, 1.82) is 0 Å². The monoisotopic (exact) mass is 880 g/mol. The van der Waals surface area contributed by atoms with E-state index in [1.807, 2.05) is 44.7 Å². The lowest BCUT2D eigenvalue weighted by molar-refractivity contribution is 0.000937. The zero-order valence-corrected chi connectivity index (χ0v) is 40.1. The van der Waals surface area contributed by atoms with Crippen LogP contribution in [0.25, 0.3) is 32.9 Å². The van der Waals surface area contributed by atoms with Crippen LogP contribution >= 0.6 is 0 Å². The number of piperidine rings is 1. The van der Waals surface area contributed by atoms with E-state index in [9.17, 15) is 4.79 Å². The summed E-state index contributed by atoms with van der Waals surface area (Å²) in [5.41, 5.74) is 4.67. The predicted molar refractivity (Wildman–Crippen MR) is 249 cm³/mol. The van der Waals surface area contributed by atoms with Gasteiger partial charge in [0.15, 0.2) is 5.82 Å². The molecule has 4 aliphatic heterocycles. The molecule has 4 aliphatic rings. The van der Waals surface area contributed by atoms with Crippen molar-refractivity contribution >= 4 is 41.7 Å². The average Bonchev–Trinajstić information content (AvgIpc) is 3.47. The summed E-state index contributed by atoms with van der Waals surface area (Å²) in [4.78, 5) is 35.2. The highest BCUT2D eigenvalue weighted by Gasteiger charge is 2.54. The van der Waals surface area contributed by atoms with Gasteiger partial charge in [0.2, 0.25) is 5.88 Å². The molecule has 2 aromatic carbocycles. The summed E-state index contributed by atoms with van der Waals surface area (Å²) < 4.78 is 53.4. The summed E-state index contributed by atoms with van der Waals surface area (Å²) in [5, 5.41) is 1.55. The molecule has 3 fully saturated rings. The second-order valence-corrected chi connectivity index (χ2v) is 26.1. The number of likely N-dealkylation sites (tertiary alicyclic amines) is 1. The SMILES string of the molecule is CC(C)[Si](C#Cc1c(F)ccc2cccc(-c3nc4c5c(nc(OC[C@H](C)CN6CCCCC6)nc5c3F)N3C[C@H]5CC[C@@H]([C@H]3[C@H](C)O4)N5C(=O)OC(C)(C)C)c12)(C(C)C)C(C)C. The standard InChI is InChI=1S/C50H66F2N6O4Si/c1-29(2)63(30(3)4,31(5)6)25-22-36-38(51)20-18-34-16-15-17-37(40(34)36)43-42(52)44-41-46(55-48(54-44)60-28-32(7)26-56-23-13-12-14-24-56)57-27-35-19-21-39(45(57)33(8)61-47(41)53-43)58(35)49(59)62-50(9,10)11/h15-18,20,29-33,35,39,45H,12-14,19,21,23-24,26-28H2,1-11H3/t32-,33+,35-,39+,45-/m1/s1. The van der Waals surface area contributed by atoms with Crippen molar-refractivity contribution in [2.75, 3.05) is 37.7 Å². The van der Waals surface area contributed by atoms with Crippen molar-refractivity contribution in [3.05, 3.63) is 47.5 Å². The Morgan fingerprint density at radius 1 is 0.937 bits per heavy atom. The summed E-state index contributed by atoms with van der Waals surface area (Å²) in [6.07, 6.45) is 4.31. The summed E-state index contributed by atoms with van der Waals surface area (Å²) in [6, 6.07) is 7.96. The van der Waals surface area contributed by atoms with E-state index < -0.39 is 31.4 Å². The Labute approximate surface area is 373 Å². The van der Waals surface area contributed by atoms with Crippen LogP contribution in [0.3, 0.4) is 0 Å². The highest BCUT2D eigenvalue weighted by Crippen LogP contribution is 2.48. The Hall–Kier alpha value is -4.54. The molecule has 5 atom stereocenters. The number of hydrogen-bond acceptors (Lipinski definition) is 9. The minimum atomic E-state index is -2.28. The van der Waals surface area contributed by atoms with E-state index in [4.69, 9.17) is 29.2 Å². The highest BCUT2D eigenvalue weighted by molar-refractivity contribution is 6.90. The molecule has 2 aromatic heterocycles. The fourth-order valence-electron chi connectivity index (χ4n) is 11.4. The van der Waals surface area contributed by atoms with E-state index >= 15 is 8.78 Å². The van der Waals surface area contributed by atoms with Crippen molar-refractivity contribution in [3.8, 4) is 34.6 Å². The fraction of sp³-hybridized carbons (Fsp3) is 0.600. The predicted octanol–water partition coefficient (Wildman–Crippen LogP) is 10.9. The first-order valence-corrected chi connectivity index (χ1v) is 25.6. The molecule has 4 aromatic rings. The number of ether oxygens (including phenoxy) is 3. The number of piperazine rings is 1. The van der Waals surface area contributed by atoms with Crippen molar-refractivity contribution in [3.63, 3.8) is 0 Å². The number of pyridine rings is 1. The van der Waals surface area contributed by atoms with Crippen LogP contribution in [-0.4, -0.2) is 102 Å². The molecule has 0 N–H and O–H groups in total. The summed E-state index contributed by atoms with van der Waals surface area (Å²) in [5.74, 6) is 3.04. The van der Waals surface area contributed by atoms with Crippen LogP contribution in [0.1, 0.15) is 114 Å². The first kappa shape index (κ1) is 45.0. The third-order valence-electron chi connectivity index (χ3n) is 14.1. The van der Waals surface area contributed by atoms with Crippen LogP contribution < -0.4 is 14.4 Å². The molecule has 6 heterocycles. The Bertz CT molecular complexity index is 2420. The van der Waals surface area contributed by atoms with E-state index in [2.05, 4.69) is 69.7 Å². The number of benzene rings is 2. The maximum absolute atomic E-state index is 17.9. The van der Waals surface area contributed by atoms with E-state index in [0.29, 0.717) is 51.9 Å². The van der Waals surface area contributed by atoms with Gasteiger partial charge in [-0.15, -0.1) is 5.54 Å². The number of carbonyl (C=O) groups is 1. The van der Waals surface area contributed by atoms with Gasteiger partial charge in [-0.3, -0.25) is 4.90 Å². The Morgan fingerprint density at radius 2 is 1.65 bits per heavy atom. The summed E-state index contributed by atoms with van der Waals surface area (Å²) >= 11 is 0. The van der Waals surface area contributed by atoms with Gasteiger partial charge in [0.25, 0.3) is 0 Å². The third-order valence-corrected chi connectivity index (χ3v) is 20.4. The smallest absolute Gasteiger partial charge is 0.410 e. The van der Waals surface area contributed by atoms with Gasteiger partial charge in [-0.25, -0.2) is 18.6 Å². The first-order valence-electron chi connectivity index (χ1n) is 23.3. The highest BCUT2D eigenvalue weighted by atomic mass is 28.3. The van der Waals surface area contributed by atoms with Gasteiger partial charge in [0, 0.05) is 30.0 Å². The third kappa shape index (κ3) is 8.35. The molecule has 338 valence electrons. The molecular formula is C50H66F2N6O4Si. The topological polar surface area (TPSA) is 93.2 Å². The quantitative estimate of drug-likeness (QED) is 0.120. The molecule has 10 nitrogen and oxygen atoms in total. The number of nitrogens with zero attached hydrogens (tertiary/aromatic N) is 6. The van der Waals surface area contributed by atoms with E-state index in [-0.39, 0.29) is 58.8 Å². The van der Waals surface area contributed by atoms with Crippen LogP contribution in [0, 0.1) is 29.0 Å². The summed E-state index contributed by atoms with van der Waals surface area (Å²) in [7, 11) is -2.28. The number of aromatic nitrogens is 3. The van der Waals surface area contributed by atoms with Crippen LogP contribution in [0.4, 0.5) is 19.4 Å². The number of halogens is 2. The molecule has 8 rings (SSSR count). The second-order valence-electron chi connectivity index (χ2n) is 20.5. The molecule has 13 heteroatoms. The van der Waals surface area contributed by atoms with Crippen molar-refractivity contribution in [2.24, 2.45) is 5.92 Å². The van der Waals surface area contributed by atoms with Crippen molar-refractivity contribution in [2.45, 2.75) is 155 Å². The Morgan fingerprint density at radius 3 is 2.33 bits per heavy atom. The van der Waals surface area contributed by atoms with Gasteiger partial charge in [-0.1, -0.05) is 85.1 Å². The summed E-state index contributed by atoms with van der Waals surface area (Å²) in [6.45, 7) is 26.9. The number of carbonyl (C=O) groups excluding carboxylic acids is 1. The molecular weight excluding hydrogens is 815 g/mol. The van der Waals surface area contributed by atoms with Crippen LogP contribution in [0.2, 0.25) is 16.6 Å². The van der Waals surface area contributed by atoms with Crippen molar-refractivity contribution in [1.82, 2.24) is 24.8 Å². The normalized spacial score (nSPS) is 22.0. The van der Waals surface area contributed by atoms with Crippen molar-refractivity contribution < 1.29 is 27.8 Å². The average molecular weight is 881 g/mol. The van der Waals surface area contributed by atoms with Gasteiger partial charge >= 0.3 is 12.1 Å². The molecule has 3 saturated heterocycles. The number of hydrogen-bond donors (Lipinski definition) is 0. The van der Waals surface area contributed by atoms with Gasteiger partial charge in [0.1, 0.15) is 48.0 Å². The zero-order valence-electron chi connectivity index (χ0n) is 39.1. The molecule has 0 spiro atoms. The minimum Gasteiger partial charge on any atom is -0.472 e. The van der Waals surface area contributed by atoms with Gasteiger partial charge < -0.3 is 24.0 Å². The number of amides is 1. The Balaban J connectivity index is 1.29. The van der Waals surface area contributed by atoms with E-state index in [0.717, 1.165) is 37.9 Å². The van der Waals surface area contributed by atoms with Gasteiger partial charge in [-0.05, 0) is 94.5 Å². The second kappa shape index (κ2) is 17.4. The zero-order chi connectivity index (χ0) is 45.1. The minimum absolute atomic E-state index is 0.0142. The number of anilines is 1. The maximum Gasteiger partial charge on any atom is 0.410 e. The molecule has 63 heavy (non-hydrogen) atoms. The molecule has 0 radical (unpaired) electrons. The van der Waals surface area contributed by atoms with Crippen LogP contribution in [0.15, 0.2) is 30.3 Å². The van der Waals surface area contributed by atoms with Crippen LogP contribution in [-0.2, 0) is 4.74 Å². The lowest BCUT2D eigenvalue weighted by Gasteiger charge is -2.48. The molecule has 1 amide bonds. The lowest BCUT2D eigenvalue weighted by Crippen LogP contribution is -2.65. The maximum atomic E-state index is 17.9. The van der Waals surface area contributed by atoms with Gasteiger partial charge in [0.05, 0.1) is 30.3 Å². The number of fused-ring (bicyclic) bond motifs is 6. The fourth-order valence-corrected chi connectivity index (χ4v) is 16.6. The van der Waals surface area contributed by atoms with Crippen LogP contribution in [0.5, 0.6) is 11.9 Å². The first-order chi connectivity index (χ1) is 29.9. The van der Waals surface area contributed by atoms with E-state index in [1.165, 1.54) is 25.3 Å². The molecule has 2 bridgehead atoms. The molecule has 0 saturated carbocycles. The number of rotatable bonds is 9. The Kier molecular flexibility index (Phi) is 12.5. The van der Waals surface area contributed by atoms with Gasteiger partial charge in [-0.2, -0.15) is 9.97 Å².